The molecule has 1 saturated carbocycles. The number of nitrogens with zero attached hydrogens (tertiary/aromatic N) is 1. The predicted octanol–water partition coefficient (Wildman–Crippen LogP) is 1.23. The van der Waals surface area contributed by atoms with Gasteiger partial charge >= 0.3 is 11.9 Å². The van der Waals surface area contributed by atoms with Crippen molar-refractivity contribution in [1.29, 1.82) is 0 Å². The van der Waals surface area contributed by atoms with E-state index in [9.17, 15) is 19.8 Å². The first-order valence-electron chi connectivity index (χ1n) is 7.39. The second-order valence-corrected chi connectivity index (χ2v) is 5.77. The highest BCUT2D eigenvalue weighted by atomic mass is 16.6. The topological polar surface area (TPSA) is 115 Å². The highest BCUT2D eigenvalue weighted by molar-refractivity contribution is 6.06. The van der Waals surface area contributed by atoms with E-state index < -0.39 is 35.8 Å². The molecule has 0 unspecified atom stereocenters. The van der Waals surface area contributed by atoms with Crippen molar-refractivity contribution in [2.24, 2.45) is 22.9 Å². The molecule has 0 radical (unpaired) electrons. The molecule has 1 fully saturated rings. The number of aliphatic carboxylic acids is 2. The number of methoxy groups -OCH3 is 2. The van der Waals surface area contributed by atoms with Crippen molar-refractivity contribution >= 4 is 17.7 Å². The van der Waals surface area contributed by atoms with Gasteiger partial charge in [-0.15, -0.1) is 0 Å². The fourth-order valence-corrected chi connectivity index (χ4v) is 3.43. The van der Waals surface area contributed by atoms with Gasteiger partial charge in [-0.1, -0.05) is 5.16 Å². The quantitative estimate of drug-likeness (QED) is 0.831. The molecule has 0 bridgehead atoms. The van der Waals surface area contributed by atoms with Gasteiger partial charge in [0.1, 0.15) is 6.10 Å². The first-order valence-corrected chi connectivity index (χ1v) is 7.39. The average molecular weight is 335 g/mol. The summed E-state index contributed by atoms with van der Waals surface area (Å²) in [5.74, 6) is -3.47. The van der Waals surface area contributed by atoms with E-state index in [2.05, 4.69) is 5.16 Å². The van der Waals surface area contributed by atoms with E-state index in [0.717, 1.165) is 0 Å². The van der Waals surface area contributed by atoms with Crippen LogP contribution in [0.2, 0.25) is 0 Å². The van der Waals surface area contributed by atoms with Gasteiger partial charge in [0, 0.05) is 5.56 Å². The zero-order valence-corrected chi connectivity index (χ0v) is 13.1. The van der Waals surface area contributed by atoms with Crippen LogP contribution in [0.15, 0.2) is 23.4 Å². The van der Waals surface area contributed by atoms with Crippen LogP contribution < -0.4 is 9.47 Å². The van der Waals surface area contributed by atoms with Crippen LogP contribution in [0.5, 0.6) is 11.5 Å². The minimum Gasteiger partial charge on any atom is -0.493 e. The summed E-state index contributed by atoms with van der Waals surface area (Å²) in [6.07, 6.45) is -0.751. The molecule has 128 valence electrons. The average Bonchev–Trinajstić information content (AvgIpc) is 3.13. The smallest absolute Gasteiger partial charge is 0.310 e. The Balaban J connectivity index is 1.98. The Labute approximate surface area is 137 Å². The zero-order chi connectivity index (χ0) is 17.4. The summed E-state index contributed by atoms with van der Waals surface area (Å²) in [7, 11) is 3.01. The predicted molar refractivity (Wildman–Crippen MR) is 81.3 cm³/mol. The summed E-state index contributed by atoms with van der Waals surface area (Å²) in [5.41, 5.74) is 1.05. The maximum atomic E-state index is 11.6. The van der Waals surface area contributed by atoms with Crippen molar-refractivity contribution in [2.45, 2.75) is 12.5 Å². The van der Waals surface area contributed by atoms with Gasteiger partial charge in [0.15, 0.2) is 11.5 Å². The van der Waals surface area contributed by atoms with Crippen molar-refractivity contribution in [1.82, 2.24) is 0 Å². The van der Waals surface area contributed by atoms with Crippen LogP contribution in [0, 0.1) is 17.8 Å². The van der Waals surface area contributed by atoms with E-state index >= 15 is 0 Å². The van der Waals surface area contributed by atoms with Gasteiger partial charge in [-0.05, 0) is 24.6 Å². The number of rotatable bonds is 5. The number of fused-ring (bicyclic) bond motifs is 1. The summed E-state index contributed by atoms with van der Waals surface area (Å²) in [6.45, 7) is 0. The summed E-state index contributed by atoms with van der Waals surface area (Å²) in [5, 5.41) is 22.7. The molecule has 8 nitrogen and oxygen atoms in total. The normalized spacial score (nSPS) is 27.8. The number of carboxylic acid groups (broad SMARTS) is 2. The van der Waals surface area contributed by atoms with E-state index in [1.165, 1.54) is 14.2 Å². The Hall–Kier alpha value is -2.77. The molecule has 1 aliphatic carbocycles. The Bertz CT molecular complexity index is 714. The van der Waals surface area contributed by atoms with E-state index in [-0.39, 0.29) is 6.42 Å². The van der Waals surface area contributed by atoms with Crippen LogP contribution in [0.4, 0.5) is 0 Å². The third-order valence-corrected chi connectivity index (χ3v) is 4.59. The Morgan fingerprint density at radius 1 is 1.12 bits per heavy atom. The summed E-state index contributed by atoms with van der Waals surface area (Å²) >= 11 is 0. The molecular weight excluding hydrogens is 318 g/mol. The van der Waals surface area contributed by atoms with Crippen LogP contribution in [-0.4, -0.2) is 48.2 Å². The van der Waals surface area contributed by atoms with Crippen molar-refractivity contribution < 1.29 is 34.1 Å². The Morgan fingerprint density at radius 2 is 1.79 bits per heavy atom. The lowest BCUT2D eigenvalue weighted by Crippen LogP contribution is -2.31. The molecule has 2 aliphatic rings. The second kappa shape index (κ2) is 6.03. The van der Waals surface area contributed by atoms with E-state index in [1.807, 2.05) is 0 Å². The molecule has 3 rings (SSSR count). The molecule has 0 saturated heterocycles. The molecule has 4 atom stereocenters. The molecule has 24 heavy (non-hydrogen) atoms. The summed E-state index contributed by atoms with van der Waals surface area (Å²) in [4.78, 5) is 28.2. The molecule has 1 aromatic rings. The third-order valence-electron chi connectivity index (χ3n) is 4.59. The second-order valence-electron chi connectivity index (χ2n) is 5.77. The standard InChI is InChI=1S/C16H17NO7/c1-22-10-4-3-7(5-11(10)23-2)13-12-8(15(18)19)6-9(16(20)21)14(12)24-17-13/h3-5,8-9,12,14H,6H2,1-2H3,(H,18,19)(H,20,21)/t8-,9+,12+,14+/m0/s1. The molecule has 1 heterocycles. The van der Waals surface area contributed by atoms with Crippen LogP contribution in [0.25, 0.3) is 0 Å². The van der Waals surface area contributed by atoms with Gasteiger partial charge in [-0.2, -0.15) is 0 Å². The lowest BCUT2D eigenvalue weighted by molar-refractivity contribution is -0.145. The van der Waals surface area contributed by atoms with Crippen molar-refractivity contribution in [2.75, 3.05) is 14.2 Å². The number of ether oxygens (including phenoxy) is 2. The Kier molecular flexibility index (Phi) is 4.04. The number of oxime groups is 1. The summed E-state index contributed by atoms with van der Waals surface area (Å²) < 4.78 is 10.4. The van der Waals surface area contributed by atoms with E-state index in [0.29, 0.717) is 22.8 Å². The molecular formula is C16H17NO7. The Morgan fingerprint density at radius 3 is 2.38 bits per heavy atom. The van der Waals surface area contributed by atoms with Gasteiger partial charge in [0.25, 0.3) is 0 Å². The molecule has 2 N–H and O–H groups in total. The molecule has 8 heteroatoms. The lowest BCUT2D eigenvalue weighted by Gasteiger charge is -2.16. The van der Waals surface area contributed by atoms with Gasteiger partial charge in [0.05, 0.1) is 37.7 Å². The van der Waals surface area contributed by atoms with E-state index in [1.54, 1.807) is 18.2 Å². The fourth-order valence-electron chi connectivity index (χ4n) is 3.43. The summed E-state index contributed by atoms with van der Waals surface area (Å²) in [6, 6.07) is 5.08. The van der Waals surface area contributed by atoms with Crippen LogP contribution in [-0.2, 0) is 14.4 Å². The number of benzene rings is 1. The third kappa shape index (κ3) is 2.44. The highest BCUT2D eigenvalue weighted by Gasteiger charge is 2.56. The first kappa shape index (κ1) is 16.1. The first-order chi connectivity index (χ1) is 11.5. The molecule has 0 amide bonds. The van der Waals surface area contributed by atoms with Gasteiger partial charge in [-0.25, -0.2) is 0 Å². The minimum atomic E-state index is -1.07. The number of hydrogen-bond acceptors (Lipinski definition) is 6. The minimum absolute atomic E-state index is 0.0201. The molecule has 0 aromatic heterocycles. The van der Waals surface area contributed by atoms with Crippen molar-refractivity contribution in [3.8, 4) is 11.5 Å². The molecule has 0 spiro atoms. The SMILES string of the molecule is COc1ccc(C2=NO[C@H]3[C@@H]2[C@@H](C(=O)O)C[C@H]3C(=O)O)cc1OC. The monoisotopic (exact) mass is 335 g/mol. The van der Waals surface area contributed by atoms with Crippen LogP contribution in [0.1, 0.15) is 12.0 Å². The number of hydrogen-bond donors (Lipinski definition) is 2. The van der Waals surface area contributed by atoms with Crippen molar-refractivity contribution in [3.05, 3.63) is 23.8 Å². The maximum Gasteiger partial charge on any atom is 0.310 e. The van der Waals surface area contributed by atoms with Crippen LogP contribution in [0.3, 0.4) is 0 Å². The van der Waals surface area contributed by atoms with Crippen LogP contribution >= 0.6 is 0 Å². The number of carboxylic acids is 2. The fraction of sp³-hybridized carbons (Fsp3) is 0.438. The van der Waals surface area contributed by atoms with E-state index in [4.69, 9.17) is 14.3 Å². The maximum absolute atomic E-state index is 11.6. The van der Waals surface area contributed by atoms with Gasteiger partial charge in [0.2, 0.25) is 0 Å². The van der Waals surface area contributed by atoms with Gasteiger partial charge < -0.3 is 24.5 Å². The highest BCUT2D eigenvalue weighted by Crippen LogP contribution is 2.45. The van der Waals surface area contributed by atoms with Gasteiger partial charge in [-0.3, -0.25) is 9.59 Å². The van der Waals surface area contributed by atoms with Crippen molar-refractivity contribution in [3.63, 3.8) is 0 Å². The number of carbonyl (C=O) groups is 2. The lowest BCUT2D eigenvalue weighted by atomic mass is 9.86. The zero-order valence-electron chi connectivity index (χ0n) is 13.1. The molecule has 1 aliphatic heterocycles. The molecule has 1 aromatic carbocycles. The largest absolute Gasteiger partial charge is 0.493 e.